The fourth-order valence-electron chi connectivity index (χ4n) is 2.27. The molecule has 0 aliphatic heterocycles. The Hall–Kier alpha value is -3.28. The number of ketones is 1. The Morgan fingerprint density at radius 3 is 2.32 bits per heavy atom. The molecular formula is C19H17N3O3. The van der Waals surface area contributed by atoms with Crippen molar-refractivity contribution in [3.8, 4) is 5.69 Å². The first-order valence-electron chi connectivity index (χ1n) is 7.81. The molecule has 0 saturated heterocycles. The maximum absolute atomic E-state index is 12.2. The largest absolute Gasteiger partial charge is 0.452 e. The van der Waals surface area contributed by atoms with E-state index in [9.17, 15) is 9.59 Å². The van der Waals surface area contributed by atoms with Gasteiger partial charge in [-0.15, -0.1) is 5.10 Å². The Balaban J connectivity index is 1.68. The number of Topliss-reactive ketones (excluding diaryl/α,β-unsaturated/α-hetero) is 1. The van der Waals surface area contributed by atoms with E-state index in [1.807, 2.05) is 49.4 Å². The van der Waals surface area contributed by atoms with Gasteiger partial charge in [-0.1, -0.05) is 48.0 Å². The number of benzene rings is 2. The molecule has 3 aromatic rings. The number of carbonyl (C=O) groups is 2. The number of rotatable bonds is 5. The van der Waals surface area contributed by atoms with Gasteiger partial charge in [0.2, 0.25) is 0 Å². The van der Waals surface area contributed by atoms with Crippen LogP contribution in [0.25, 0.3) is 5.69 Å². The third-order valence-electron chi connectivity index (χ3n) is 3.67. The van der Waals surface area contributed by atoms with E-state index >= 15 is 0 Å². The summed E-state index contributed by atoms with van der Waals surface area (Å²) in [6.45, 7) is 3.28. The fourth-order valence-corrected chi connectivity index (χ4v) is 2.27. The summed E-state index contributed by atoms with van der Waals surface area (Å²) in [6, 6.07) is 16.3. The second-order valence-corrected chi connectivity index (χ2v) is 5.62. The average molecular weight is 335 g/mol. The third-order valence-corrected chi connectivity index (χ3v) is 3.67. The van der Waals surface area contributed by atoms with E-state index in [0.29, 0.717) is 11.3 Å². The molecule has 0 saturated carbocycles. The molecule has 6 heteroatoms. The predicted octanol–water partition coefficient (Wildman–Crippen LogP) is 2.92. The number of hydrogen-bond donors (Lipinski definition) is 0. The topological polar surface area (TPSA) is 74.1 Å². The van der Waals surface area contributed by atoms with Crippen molar-refractivity contribution in [2.75, 3.05) is 6.61 Å². The molecule has 0 amide bonds. The lowest BCUT2D eigenvalue weighted by Gasteiger charge is -2.03. The maximum atomic E-state index is 12.2. The molecule has 0 N–H and O–H groups in total. The predicted molar refractivity (Wildman–Crippen MR) is 91.9 cm³/mol. The first-order valence-corrected chi connectivity index (χ1v) is 7.81. The molecule has 2 aromatic carbocycles. The van der Waals surface area contributed by atoms with Crippen molar-refractivity contribution >= 4 is 11.8 Å². The van der Waals surface area contributed by atoms with Crippen LogP contribution in [-0.2, 0) is 4.74 Å². The van der Waals surface area contributed by atoms with Crippen molar-refractivity contribution in [1.29, 1.82) is 0 Å². The van der Waals surface area contributed by atoms with Crippen molar-refractivity contribution in [2.45, 2.75) is 13.8 Å². The molecule has 1 aromatic heterocycles. The van der Waals surface area contributed by atoms with Gasteiger partial charge in [-0.2, -0.15) is 9.90 Å². The lowest BCUT2D eigenvalue weighted by Crippen LogP contribution is -2.15. The number of para-hydroxylation sites is 1. The second kappa shape index (κ2) is 7.09. The summed E-state index contributed by atoms with van der Waals surface area (Å²) in [5, 5.41) is 8.38. The van der Waals surface area contributed by atoms with Crippen molar-refractivity contribution in [1.82, 2.24) is 15.0 Å². The van der Waals surface area contributed by atoms with Gasteiger partial charge in [0.1, 0.15) is 0 Å². The molecule has 126 valence electrons. The summed E-state index contributed by atoms with van der Waals surface area (Å²) >= 11 is 0. The molecule has 0 radical (unpaired) electrons. The molecule has 0 spiro atoms. The van der Waals surface area contributed by atoms with Gasteiger partial charge in [0.15, 0.2) is 18.1 Å². The normalized spacial score (nSPS) is 10.5. The molecular weight excluding hydrogens is 318 g/mol. The van der Waals surface area contributed by atoms with E-state index in [-0.39, 0.29) is 18.1 Å². The SMILES string of the molecule is Cc1ccc(C(=O)COC(=O)c2nn(-c3ccccc3)nc2C)cc1. The van der Waals surface area contributed by atoms with Crippen LogP contribution < -0.4 is 0 Å². The minimum absolute atomic E-state index is 0.0977. The molecule has 0 fully saturated rings. The van der Waals surface area contributed by atoms with E-state index < -0.39 is 5.97 Å². The number of aryl methyl sites for hydroxylation is 2. The minimum atomic E-state index is -0.667. The summed E-state index contributed by atoms with van der Waals surface area (Å²) in [5.74, 6) is -0.929. The number of nitrogens with zero attached hydrogens (tertiary/aromatic N) is 3. The Morgan fingerprint density at radius 2 is 1.64 bits per heavy atom. The van der Waals surface area contributed by atoms with Crippen molar-refractivity contribution in [3.63, 3.8) is 0 Å². The Labute approximate surface area is 145 Å². The molecule has 0 aliphatic rings. The highest BCUT2D eigenvalue weighted by Gasteiger charge is 2.19. The van der Waals surface area contributed by atoms with Gasteiger partial charge in [0.25, 0.3) is 0 Å². The summed E-state index contributed by atoms with van der Waals surface area (Å²) in [7, 11) is 0. The van der Waals surface area contributed by atoms with Gasteiger partial charge in [0.05, 0.1) is 11.4 Å². The van der Waals surface area contributed by atoms with Crippen LogP contribution >= 0.6 is 0 Å². The van der Waals surface area contributed by atoms with Gasteiger partial charge in [-0.05, 0) is 26.0 Å². The zero-order valence-electron chi connectivity index (χ0n) is 14.0. The van der Waals surface area contributed by atoms with Crippen LogP contribution in [0.1, 0.15) is 32.1 Å². The lowest BCUT2D eigenvalue weighted by atomic mass is 10.1. The second-order valence-electron chi connectivity index (χ2n) is 5.62. The van der Waals surface area contributed by atoms with E-state index in [1.165, 1.54) is 4.80 Å². The Kier molecular flexibility index (Phi) is 4.70. The van der Waals surface area contributed by atoms with E-state index in [4.69, 9.17) is 4.74 Å². The molecule has 1 heterocycles. The first-order chi connectivity index (χ1) is 12.0. The van der Waals surface area contributed by atoms with E-state index in [1.54, 1.807) is 19.1 Å². The molecule has 6 nitrogen and oxygen atoms in total. The van der Waals surface area contributed by atoms with Crippen molar-refractivity contribution in [3.05, 3.63) is 77.1 Å². The Bertz CT molecular complexity index is 899. The maximum Gasteiger partial charge on any atom is 0.361 e. The number of carbonyl (C=O) groups excluding carboxylic acids is 2. The molecule has 25 heavy (non-hydrogen) atoms. The van der Waals surface area contributed by atoms with Gasteiger partial charge in [-0.3, -0.25) is 4.79 Å². The zero-order valence-corrected chi connectivity index (χ0v) is 14.0. The molecule has 3 rings (SSSR count). The number of aromatic nitrogens is 3. The molecule has 0 bridgehead atoms. The van der Waals surface area contributed by atoms with Gasteiger partial charge in [-0.25, -0.2) is 4.79 Å². The summed E-state index contributed by atoms with van der Waals surface area (Å²) < 4.78 is 5.10. The fraction of sp³-hybridized carbons (Fsp3) is 0.158. The standard InChI is InChI=1S/C19H17N3O3/c1-13-8-10-15(11-9-13)17(23)12-25-19(24)18-14(2)20-22(21-18)16-6-4-3-5-7-16/h3-11H,12H2,1-2H3. The first kappa shape index (κ1) is 16.6. The number of ether oxygens (including phenoxy) is 1. The summed E-state index contributed by atoms with van der Waals surface area (Å²) in [6.07, 6.45) is 0. The minimum Gasteiger partial charge on any atom is -0.452 e. The van der Waals surface area contributed by atoms with Crippen LogP contribution in [0.4, 0.5) is 0 Å². The van der Waals surface area contributed by atoms with Gasteiger partial charge < -0.3 is 4.74 Å². The zero-order chi connectivity index (χ0) is 17.8. The monoisotopic (exact) mass is 335 g/mol. The molecule has 0 unspecified atom stereocenters. The average Bonchev–Trinajstić information content (AvgIpc) is 3.02. The van der Waals surface area contributed by atoms with Crippen LogP contribution in [0.15, 0.2) is 54.6 Å². The van der Waals surface area contributed by atoms with E-state index in [2.05, 4.69) is 10.2 Å². The lowest BCUT2D eigenvalue weighted by molar-refractivity contribution is 0.0467. The highest BCUT2D eigenvalue weighted by molar-refractivity contribution is 5.99. The molecule has 0 atom stereocenters. The van der Waals surface area contributed by atoms with Gasteiger partial charge >= 0.3 is 5.97 Å². The van der Waals surface area contributed by atoms with Gasteiger partial charge in [0, 0.05) is 5.56 Å². The third kappa shape index (κ3) is 3.80. The van der Waals surface area contributed by atoms with Crippen LogP contribution in [0, 0.1) is 13.8 Å². The van der Waals surface area contributed by atoms with Crippen LogP contribution in [0.5, 0.6) is 0 Å². The number of esters is 1. The highest BCUT2D eigenvalue weighted by atomic mass is 16.5. The summed E-state index contributed by atoms with van der Waals surface area (Å²) in [5.41, 5.74) is 2.84. The quantitative estimate of drug-likeness (QED) is 0.529. The Morgan fingerprint density at radius 1 is 0.960 bits per heavy atom. The van der Waals surface area contributed by atoms with Crippen LogP contribution in [0.3, 0.4) is 0 Å². The molecule has 0 aliphatic carbocycles. The van der Waals surface area contributed by atoms with E-state index in [0.717, 1.165) is 11.3 Å². The van der Waals surface area contributed by atoms with Crippen molar-refractivity contribution < 1.29 is 14.3 Å². The smallest absolute Gasteiger partial charge is 0.361 e. The van der Waals surface area contributed by atoms with Crippen LogP contribution in [0.2, 0.25) is 0 Å². The van der Waals surface area contributed by atoms with Crippen molar-refractivity contribution in [2.24, 2.45) is 0 Å². The summed E-state index contributed by atoms with van der Waals surface area (Å²) in [4.78, 5) is 25.7. The highest BCUT2D eigenvalue weighted by Crippen LogP contribution is 2.10. The number of hydrogen-bond acceptors (Lipinski definition) is 5. The van der Waals surface area contributed by atoms with Crippen LogP contribution in [-0.4, -0.2) is 33.4 Å².